The zero-order valence-electron chi connectivity index (χ0n) is 14.3. The molecule has 1 aromatic rings. The van der Waals surface area contributed by atoms with E-state index in [1.54, 1.807) is 0 Å². The molecular formula is C19H25F3N2O. The fourth-order valence-corrected chi connectivity index (χ4v) is 3.99. The Morgan fingerprint density at radius 2 is 1.92 bits per heavy atom. The summed E-state index contributed by atoms with van der Waals surface area (Å²) in [5, 5.41) is 2.91. The molecule has 2 aliphatic rings. The molecule has 0 spiro atoms. The number of carbonyl (C=O) groups excluding carboxylic acids is 1. The third-order valence-electron chi connectivity index (χ3n) is 5.48. The molecule has 3 nitrogen and oxygen atoms in total. The molecule has 1 aromatic carbocycles. The number of para-hydroxylation sites is 1. The largest absolute Gasteiger partial charge is 0.391 e. The Hall–Kier alpha value is -1.72. The van der Waals surface area contributed by atoms with Crippen LogP contribution in [0.15, 0.2) is 30.3 Å². The van der Waals surface area contributed by atoms with E-state index in [0.29, 0.717) is 25.3 Å². The van der Waals surface area contributed by atoms with Gasteiger partial charge in [0.25, 0.3) is 0 Å². The standard InChI is InChI=1S/C19H25F3N2O/c20-19(21,22)16-6-4-5-15(11-16)18(25)23-12-14-9-10-24(13-14)17-7-2-1-3-8-17/h1-3,7-8,14-16H,4-6,9-13H2,(H,23,25)/t14-,15+,16+/m0/s1. The highest BCUT2D eigenvalue weighted by Crippen LogP contribution is 2.40. The van der Waals surface area contributed by atoms with Gasteiger partial charge in [-0.25, -0.2) is 0 Å². The van der Waals surface area contributed by atoms with Crippen molar-refractivity contribution in [3.63, 3.8) is 0 Å². The van der Waals surface area contributed by atoms with Crippen molar-refractivity contribution in [2.45, 2.75) is 38.3 Å². The van der Waals surface area contributed by atoms with Crippen LogP contribution in [0.5, 0.6) is 0 Å². The maximum absolute atomic E-state index is 12.9. The van der Waals surface area contributed by atoms with Crippen molar-refractivity contribution < 1.29 is 18.0 Å². The van der Waals surface area contributed by atoms with E-state index in [1.807, 2.05) is 18.2 Å². The lowest BCUT2D eigenvalue weighted by atomic mass is 9.80. The minimum atomic E-state index is -4.18. The number of rotatable bonds is 4. The van der Waals surface area contributed by atoms with E-state index < -0.39 is 18.0 Å². The molecule has 25 heavy (non-hydrogen) atoms. The zero-order valence-corrected chi connectivity index (χ0v) is 14.3. The van der Waals surface area contributed by atoms with Gasteiger partial charge in [-0.2, -0.15) is 13.2 Å². The molecule has 1 aliphatic heterocycles. The average molecular weight is 354 g/mol. The third kappa shape index (κ3) is 4.67. The number of amides is 1. The maximum Gasteiger partial charge on any atom is 0.391 e. The highest BCUT2D eigenvalue weighted by atomic mass is 19.4. The summed E-state index contributed by atoms with van der Waals surface area (Å²) in [6.45, 7) is 2.37. The summed E-state index contributed by atoms with van der Waals surface area (Å²) in [5.41, 5.74) is 1.18. The predicted molar refractivity (Wildman–Crippen MR) is 91.3 cm³/mol. The minimum Gasteiger partial charge on any atom is -0.371 e. The van der Waals surface area contributed by atoms with Crippen molar-refractivity contribution in [2.24, 2.45) is 17.8 Å². The third-order valence-corrected chi connectivity index (χ3v) is 5.48. The van der Waals surface area contributed by atoms with Crippen molar-refractivity contribution in [1.29, 1.82) is 0 Å². The Morgan fingerprint density at radius 1 is 1.16 bits per heavy atom. The van der Waals surface area contributed by atoms with Gasteiger partial charge in [0.1, 0.15) is 0 Å². The molecule has 6 heteroatoms. The summed E-state index contributed by atoms with van der Waals surface area (Å²) in [5.74, 6) is -1.66. The van der Waals surface area contributed by atoms with Gasteiger partial charge in [-0.05, 0) is 43.7 Å². The van der Waals surface area contributed by atoms with Gasteiger partial charge < -0.3 is 10.2 Å². The molecule has 3 atom stereocenters. The van der Waals surface area contributed by atoms with Gasteiger partial charge in [-0.15, -0.1) is 0 Å². The Labute approximate surface area is 146 Å². The monoisotopic (exact) mass is 354 g/mol. The summed E-state index contributed by atoms with van der Waals surface area (Å²) < 4.78 is 38.6. The molecule has 2 fully saturated rings. The number of nitrogens with one attached hydrogen (secondary N) is 1. The number of carbonyl (C=O) groups is 1. The van der Waals surface area contributed by atoms with E-state index in [-0.39, 0.29) is 18.7 Å². The molecule has 1 amide bonds. The van der Waals surface area contributed by atoms with E-state index in [9.17, 15) is 18.0 Å². The highest BCUT2D eigenvalue weighted by molar-refractivity contribution is 5.78. The molecule has 0 unspecified atom stereocenters. The molecule has 1 saturated carbocycles. The van der Waals surface area contributed by atoms with Crippen LogP contribution in [0.25, 0.3) is 0 Å². The van der Waals surface area contributed by atoms with Gasteiger partial charge in [0.2, 0.25) is 5.91 Å². The highest BCUT2D eigenvalue weighted by Gasteiger charge is 2.43. The van der Waals surface area contributed by atoms with E-state index in [4.69, 9.17) is 0 Å². The van der Waals surface area contributed by atoms with Gasteiger partial charge in [0, 0.05) is 31.2 Å². The molecule has 1 aliphatic carbocycles. The zero-order chi connectivity index (χ0) is 17.9. The van der Waals surface area contributed by atoms with Crippen LogP contribution in [-0.4, -0.2) is 31.7 Å². The van der Waals surface area contributed by atoms with Crippen LogP contribution < -0.4 is 10.2 Å². The second-order valence-corrected chi connectivity index (χ2v) is 7.28. The van der Waals surface area contributed by atoms with Gasteiger partial charge in [-0.1, -0.05) is 24.6 Å². The van der Waals surface area contributed by atoms with E-state index in [2.05, 4.69) is 22.3 Å². The smallest absolute Gasteiger partial charge is 0.371 e. The quantitative estimate of drug-likeness (QED) is 0.886. The number of nitrogens with zero attached hydrogens (tertiary/aromatic N) is 1. The maximum atomic E-state index is 12.9. The molecule has 0 radical (unpaired) electrons. The SMILES string of the molecule is O=C(NC[C@@H]1CCN(c2ccccc2)C1)[C@@H]1CCC[C@@H](C(F)(F)F)C1. The summed E-state index contributed by atoms with van der Waals surface area (Å²) in [4.78, 5) is 14.6. The van der Waals surface area contributed by atoms with Crippen molar-refractivity contribution in [1.82, 2.24) is 5.32 Å². The van der Waals surface area contributed by atoms with Crippen molar-refractivity contribution in [3.8, 4) is 0 Å². The molecule has 1 N–H and O–H groups in total. The normalized spacial score (nSPS) is 27.3. The lowest BCUT2D eigenvalue weighted by Crippen LogP contribution is -2.39. The number of benzene rings is 1. The fourth-order valence-electron chi connectivity index (χ4n) is 3.99. The first-order valence-corrected chi connectivity index (χ1v) is 9.08. The molecule has 3 rings (SSSR count). The van der Waals surface area contributed by atoms with Crippen LogP contribution in [0.3, 0.4) is 0 Å². The predicted octanol–water partition coefficient (Wildman–Crippen LogP) is 4.00. The van der Waals surface area contributed by atoms with E-state index in [1.165, 1.54) is 5.69 Å². The number of anilines is 1. The topological polar surface area (TPSA) is 32.3 Å². The Morgan fingerprint density at radius 3 is 2.64 bits per heavy atom. The molecule has 1 saturated heterocycles. The fraction of sp³-hybridized carbons (Fsp3) is 0.632. The van der Waals surface area contributed by atoms with Crippen LogP contribution in [0, 0.1) is 17.8 Å². The van der Waals surface area contributed by atoms with Crippen LogP contribution >= 0.6 is 0 Å². The second-order valence-electron chi connectivity index (χ2n) is 7.28. The first-order valence-electron chi connectivity index (χ1n) is 9.08. The minimum absolute atomic E-state index is 0.0594. The van der Waals surface area contributed by atoms with E-state index >= 15 is 0 Å². The van der Waals surface area contributed by atoms with Crippen molar-refractivity contribution in [2.75, 3.05) is 24.5 Å². The lowest BCUT2D eigenvalue weighted by Gasteiger charge is -2.30. The molecule has 138 valence electrons. The number of halogens is 3. The number of hydrogen-bond acceptors (Lipinski definition) is 2. The van der Waals surface area contributed by atoms with Gasteiger partial charge >= 0.3 is 6.18 Å². The Balaban J connectivity index is 1.45. The average Bonchev–Trinajstić information content (AvgIpc) is 3.09. The Kier molecular flexibility index (Phi) is 5.54. The van der Waals surface area contributed by atoms with Crippen LogP contribution in [-0.2, 0) is 4.79 Å². The summed E-state index contributed by atoms with van der Waals surface area (Å²) in [6, 6.07) is 10.1. The first kappa shape index (κ1) is 18.1. The summed E-state index contributed by atoms with van der Waals surface area (Å²) in [7, 11) is 0. The molecule has 0 aromatic heterocycles. The number of alkyl halides is 3. The molecule has 0 bridgehead atoms. The van der Waals surface area contributed by atoms with Crippen molar-refractivity contribution >= 4 is 11.6 Å². The van der Waals surface area contributed by atoms with Gasteiger partial charge in [0.05, 0.1) is 5.92 Å². The van der Waals surface area contributed by atoms with E-state index in [0.717, 1.165) is 19.5 Å². The first-order chi connectivity index (χ1) is 11.9. The van der Waals surface area contributed by atoms with Gasteiger partial charge in [0.15, 0.2) is 0 Å². The van der Waals surface area contributed by atoms with Crippen molar-refractivity contribution in [3.05, 3.63) is 30.3 Å². The van der Waals surface area contributed by atoms with Crippen LogP contribution in [0.1, 0.15) is 32.1 Å². The lowest BCUT2D eigenvalue weighted by molar-refractivity contribution is -0.186. The number of hydrogen-bond donors (Lipinski definition) is 1. The summed E-state index contributed by atoms with van der Waals surface area (Å²) in [6.07, 6.45) is -2.05. The van der Waals surface area contributed by atoms with Crippen LogP contribution in [0.2, 0.25) is 0 Å². The summed E-state index contributed by atoms with van der Waals surface area (Å²) >= 11 is 0. The second kappa shape index (κ2) is 7.67. The molecular weight excluding hydrogens is 329 g/mol. The van der Waals surface area contributed by atoms with Crippen LogP contribution in [0.4, 0.5) is 18.9 Å². The van der Waals surface area contributed by atoms with Gasteiger partial charge in [-0.3, -0.25) is 4.79 Å². The molecule has 1 heterocycles. The Bertz CT molecular complexity index is 576.